The minimum absolute atomic E-state index is 0.175. The van der Waals surface area contributed by atoms with Gasteiger partial charge in [0.15, 0.2) is 0 Å². The molecule has 5 nitrogen and oxygen atoms in total. The molecule has 0 aromatic carbocycles. The van der Waals surface area contributed by atoms with Crippen molar-refractivity contribution in [2.45, 2.75) is 31.3 Å². The van der Waals surface area contributed by atoms with Crippen LogP contribution in [-0.4, -0.2) is 75.2 Å². The Labute approximate surface area is 110 Å². The molecule has 1 N–H and O–H groups in total. The molecular formula is C13H27N3O2. The largest absolute Gasteiger partial charge is 0.468 e. The van der Waals surface area contributed by atoms with Crippen molar-refractivity contribution in [2.24, 2.45) is 0 Å². The quantitative estimate of drug-likeness (QED) is 0.628. The molecule has 0 bridgehead atoms. The van der Waals surface area contributed by atoms with Crippen LogP contribution >= 0.6 is 0 Å². The zero-order chi connectivity index (χ0) is 13.8. The molecular weight excluding hydrogens is 230 g/mol. The van der Waals surface area contributed by atoms with Gasteiger partial charge >= 0.3 is 5.97 Å². The number of carbonyl (C=O) groups excluding carboxylic acids is 1. The molecule has 0 saturated heterocycles. The van der Waals surface area contributed by atoms with E-state index in [9.17, 15) is 4.79 Å². The summed E-state index contributed by atoms with van der Waals surface area (Å²) in [4.78, 5) is 16.3. The molecule has 0 aliphatic heterocycles. The molecule has 1 aliphatic rings. The summed E-state index contributed by atoms with van der Waals surface area (Å²) in [5.74, 6) is -0.175. The van der Waals surface area contributed by atoms with Crippen LogP contribution in [0.3, 0.4) is 0 Å². The van der Waals surface area contributed by atoms with Crippen LogP contribution in [0.25, 0.3) is 0 Å². The van der Waals surface area contributed by atoms with Crippen LogP contribution in [0.2, 0.25) is 0 Å². The predicted octanol–water partition coefficient (Wildman–Crippen LogP) is 0.164. The normalized spacial score (nSPS) is 19.1. The summed E-state index contributed by atoms with van der Waals surface area (Å²) in [5.41, 5.74) is -0.600. The Hall–Kier alpha value is -0.650. The highest BCUT2D eigenvalue weighted by atomic mass is 16.5. The Balaban J connectivity index is 2.51. The molecule has 0 heterocycles. The van der Waals surface area contributed by atoms with Crippen LogP contribution in [-0.2, 0) is 9.53 Å². The van der Waals surface area contributed by atoms with Gasteiger partial charge in [0.25, 0.3) is 0 Å². The van der Waals surface area contributed by atoms with Gasteiger partial charge in [0, 0.05) is 25.7 Å². The molecule has 1 fully saturated rings. The second kappa shape index (κ2) is 6.50. The van der Waals surface area contributed by atoms with Gasteiger partial charge < -0.3 is 14.5 Å². The average Bonchev–Trinajstić information content (AvgIpc) is 3.08. The van der Waals surface area contributed by atoms with Gasteiger partial charge in [0.05, 0.1) is 7.11 Å². The first-order valence-electron chi connectivity index (χ1n) is 6.57. The summed E-state index contributed by atoms with van der Waals surface area (Å²) < 4.78 is 4.93. The van der Waals surface area contributed by atoms with Gasteiger partial charge in [-0.05, 0) is 40.9 Å². The number of likely N-dealkylation sites (N-methyl/N-ethyl adjacent to an activating group) is 2. The first kappa shape index (κ1) is 15.4. The number of esters is 1. The third-order valence-corrected chi connectivity index (χ3v) is 3.25. The fourth-order valence-electron chi connectivity index (χ4n) is 2.06. The maximum absolute atomic E-state index is 11.9. The first-order chi connectivity index (χ1) is 8.37. The van der Waals surface area contributed by atoms with E-state index in [1.807, 2.05) is 14.0 Å². The van der Waals surface area contributed by atoms with Crippen LogP contribution in [0.5, 0.6) is 0 Å². The SMILES string of the molecule is COC(=O)C(C)(CN(C)CCN(C)C)NC1CC1. The van der Waals surface area contributed by atoms with E-state index >= 15 is 0 Å². The van der Waals surface area contributed by atoms with E-state index in [1.165, 1.54) is 7.11 Å². The van der Waals surface area contributed by atoms with Crippen molar-refractivity contribution in [1.29, 1.82) is 0 Å². The van der Waals surface area contributed by atoms with E-state index in [0.717, 1.165) is 25.9 Å². The Morgan fingerprint density at radius 2 is 1.94 bits per heavy atom. The average molecular weight is 257 g/mol. The lowest BCUT2D eigenvalue weighted by atomic mass is 10.0. The number of carbonyl (C=O) groups is 1. The molecule has 0 amide bonds. The lowest BCUT2D eigenvalue weighted by molar-refractivity contribution is -0.148. The third-order valence-electron chi connectivity index (χ3n) is 3.25. The zero-order valence-corrected chi connectivity index (χ0v) is 12.3. The van der Waals surface area contributed by atoms with Crippen molar-refractivity contribution < 1.29 is 9.53 Å². The molecule has 1 aliphatic carbocycles. The van der Waals surface area contributed by atoms with Crippen LogP contribution in [0.4, 0.5) is 0 Å². The van der Waals surface area contributed by atoms with Crippen LogP contribution in [0.15, 0.2) is 0 Å². The number of ether oxygens (including phenoxy) is 1. The Morgan fingerprint density at radius 3 is 2.39 bits per heavy atom. The molecule has 0 aromatic rings. The van der Waals surface area contributed by atoms with E-state index in [-0.39, 0.29) is 5.97 Å². The van der Waals surface area contributed by atoms with Gasteiger partial charge in [-0.3, -0.25) is 10.1 Å². The lowest BCUT2D eigenvalue weighted by Gasteiger charge is -2.33. The van der Waals surface area contributed by atoms with Gasteiger partial charge in [-0.15, -0.1) is 0 Å². The smallest absolute Gasteiger partial charge is 0.327 e. The van der Waals surface area contributed by atoms with Gasteiger partial charge in [-0.25, -0.2) is 0 Å². The molecule has 106 valence electrons. The van der Waals surface area contributed by atoms with Crippen LogP contribution in [0.1, 0.15) is 19.8 Å². The monoisotopic (exact) mass is 257 g/mol. The number of nitrogens with zero attached hydrogens (tertiary/aromatic N) is 2. The molecule has 0 aromatic heterocycles. The van der Waals surface area contributed by atoms with Crippen molar-refractivity contribution >= 4 is 5.97 Å². The van der Waals surface area contributed by atoms with Crippen molar-refractivity contribution in [2.75, 3.05) is 47.9 Å². The van der Waals surface area contributed by atoms with Crippen molar-refractivity contribution in [3.63, 3.8) is 0 Å². The fourth-order valence-corrected chi connectivity index (χ4v) is 2.06. The molecule has 1 unspecified atom stereocenters. The summed E-state index contributed by atoms with van der Waals surface area (Å²) >= 11 is 0. The zero-order valence-electron chi connectivity index (χ0n) is 12.3. The minimum Gasteiger partial charge on any atom is -0.468 e. The van der Waals surface area contributed by atoms with Gasteiger partial charge in [0.2, 0.25) is 0 Å². The van der Waals surface area contributed by atoms with Crippen LogP contribution in [0, 0.1) is 0 Å². The summed E-state index contributed by atoms with van der Waals surface area (Å²) in [7, 11) is 7.60. The molecule has 1 rings (SSSR count). The third kappa shape index (κ3) is 4.92. The van der Waals surface area contributed by atoms with Gasteiger partial charge in [0.1, 0.15) is 5.54 Å². The Bertz CT molecular complexity index is 279. The number of hydrogen-bond donors (Lipinski definition) is 1. The Morgan fingerprint density at radius 1 is 1.33 bits per heavy atom. The second-order valence-corrected chi connectivity index (χ2v) is 5.78. The topological polar surface area (TPSA) is 44.8 Å². The molecule has 18 heavy (non-hydrogen) atoms. The van der Waals surface area contributed by atoms with E-state index in [2.05, 4.69) is 29.2 Å². The van der Waals surface area contributed by atoms with E-state index in [4.69, 9.17) is 4.74 Å². The van der Waals surface area contributed by atoms with E-state index in [1.54, 1.807) is 0 Å². The maximum Gasteiger partial charge on any atom is 0.327 e. The molecule has 5 heteroatoms. The summed E-state index contributed by atoms with van der Waals surface area (Å²) in [6.07, 6.45) is 2.32. The minimum atomic E-state index is -0.600. The molecule has 1 saturated carbocycles. The van der Waals surface area contributed by atoms with Gasteiger partial charge in [-0.1, -0.05) is 0 Å². The van der Waals surface area contributed by atoms with Crippen molar-refractivity contribution in [3.8, 4) is 0 Å². The first-order valence-corrected chi connectivity index (χ1v) is 6.57. The van der Waals surface area contributed by atoms with Gasteiger partial charge in [-0.2, -0.15) is 0 Å². The predicted molar refractivity (Wildman–Crippen MR) is 72.6 cm³/mol. The number of methoxy groups -OCH3 is 1. The summed E-state index contributed by atoms with van der Waals surface area (Å²) in [6.45, 7) is 4.52. The molecule has 0 radical (unpaired) electrons. The standard InChI is InChI=1S/C13H27N3O2/c1-13(12(17)18-5,14-11-6-7-11)10-16(4)9-8-15(2)3/h11,14H,6-10H2,1-5H3. The molecule has 1 atom stereocenters. The Kier molecular flexibility index (Phi) is 5.56. The number of nitrogens with one attached hydrogen (secondary N) is 1. The van der Waals surface area contributed by atoms with Crippen molar-refractivity contribution in [1.82, 2.24) is 15.1 Å². The highest BCUT2D eigenvalue weighted by Crippen LogP contribution is 2.23. The van der Waals surface area contributed by atoms with E-state index in [0.29, 0.717) is 12.6 Å². The van der Waals surface area contributed by atoms with Crippen molar-refractivity contribution in [3.05, 3.63) is 0 Å². The second-order valence-electron chi connectivity index (χ2n) is 5.78. The maximum atomic E-state index is 11.9. The lowest BCUT2D eigenvalue weighted by Crippen LogP contribution is -2.58. The summed E-state index contributed by atoms with van der Waals surface area (Å²) in [5, 5.41) is 3.41. The van der Waals surface area contributed by atoms with Crippen LogP contribution < -0.4 is 5.32 Å². The summed E-state index contributed by atoms with van der Waals surface area (Å²) in [6, 6.07) is 0.483. The molecule has 0 spiro atoms. The highest BCUT2D eigenvalue weighted by Gasteiger charge is 2.40. The number of hydrogen-bond acceptors (Lipinski definition) is 5. The highest BCUT2D eigenvalue weighted by molar-refractivity contribution is 5.80. The van der Waals surface area contributed by atoms with E-state index < -0.39 is 5.54 Å². The number of rotatable bonds is 8. The fraction of sp³-hybridized carbons (Fsp3) is 0.923.